The molecule has 1 N–H and O–H groups in total. The maximum atomic E-state index is 12.3. The number of nitrogens with one attached hydrogen (secondary N) is 1. The Kier molecular flexibility index (Phi) is 5.06. The summed E-state index contributed by atoms with van der Waals surface area (Å²) in [4.78, 5) is 25.8. The summed E-state index contributed by atoms with van der Waals surface area (Å²) in [5.41, 5.74) is 0. The van der Waals surface area contributed by atoms with Gasteiger partial charge in [-0.05, 0) is 12.8 Å². The molecule has 1 aliphatic heterocycles. The second-order valence-electron chi connectivity index (χ2n) is 5.39. The quantitative estimate of drug-likeness (QED) is 0.730. The van der Waals surface area contributed by atoms with Gasteiger partial charge in [-0.3, -0.25) is 14.5 Å². The maximum absolute atomic E-state index is 12.3. The van der Waals surface area contributed by atoms with Crippen LogP contribution >= 0.6 is 0 Å². The Morgan fingerprint density at radius 2 is 2.10 bits per heavy atom. The second kappa shape index (κ2) is 6.80. The number of nitrogens with zero attached hydrogens (tertiary/aromatic N) is 4. The van der Waals surface area contributed by atoms with Crippen molar-refractivity contribution in [2.45, 2.75) is 51.6 Å². The average Bonchev–Trinajstić information content (AvgIpc) is 2.99. The molecule has 2 heterocycles. The first kappa shape index (κ1) is 15.6. The fourth-order valence-electron chi connectivity index (χ4n) is 2.74. The van der Waals surface area contributed by atoms with Gasteiger partial charge in [-0.1, -0.05) is 13.8 Å². The summed E-state index contributed by atoms with van der Waals surface area (Å²) < 4.78 is 1.85. The van der Waals surface area contributed by atoms with Crippen molar-refractivity contribution in [1.29, 1.82) is 0 Å². The van der Waals surface area contributed by atoms with Crippen LogP contribution in [0.25, 0.3) is 0 Å². The lowest BCUT2D eigenvalue weighted by atomic mass is 10.1. The molecule has 1 aromatic heterocycles. The summed E-state index contributed by atoms with van der Waals surface area (Å²) in [6, 6.07) is -0.373. The van der Waals surface area contributed by atoms with Gasteiger partial charge in [-0.25, -0.2) is 0 Å². The topological polar surface area (TPSA) is 80.1 Å². The van der Waals surface area contributed by atoms with Gasteiger partial charge < -0.3 is 9.88 Å². The summed E-state index contributed by atoms with van der Waals surface area (Å²) in [5, 5.41) is 11.0. The minimum Gasteiger partial charge on any atom is -0.321 e. The summed E-state index contributed by atoms with van der Waals surface area (Å²) in [7, 11) is 1.88. The van der Waals surface area contributed by atoms with Gasteiger partial charge in [0.2, 0.25) is 11.8 Å². The van der Waals surface area contributed by atoms with Crippen LogP contribution < -0.4 is 5.32 Å². The van der Waals surface area contributed by atoms with Crippen LogP contribution in [0.15, 0.2) is 6.33 Å². The molecule has 0 saturated carbocycles. The maximum Gasteiger partial charge on any atom is 0.247 e. The van der Waals surface area contributed by atoms with E-state index in [0.29, 0.717) is 13.0 Å². The van der Waals surface area contributed by atoms with E-state index in [0.717, 1.165) is 18.7 Å². The number of carbonyl (C=O) groups is 2. The highest BCUT2D eigenvalue weighted by Gasteiger charge is 2.40. The molecule has 0 radical (unpaired) electrons. The smallest absolute Gasteiger partial charge is 0.247 e. The Labute approximate surface area is 124 Å². The van der Waals surface area contributed by atoms with Gasteiger partial charge in [0.05, 0.1) is 12.5 Å². The highest BCUT2D eigenvalue weighted by Crippen LogP contribution is 2.20. The number of amides is 2. The minimum atomic E-state index is -0.397. The SMILES string of the molecule is CCC(CC)N1C(=O)CC(NCCc2nncn2C)C1=O. The van der Waals surface area contributed by atoms with Gasteiger partial charge in [-0.2, -0.15) is 0 Å². The van der Waals surface area contributed by atoms with Crippen molar-refractivity contribution in [3.63, 3.8) is 0 Å². The van der Waals surface area contributed by atoms with Gasteiger partial charge in [0.1, 0.15) is 12.2 Å². The fraction of sp³-hybridized carbons (Fsp3) is 0.714. The first-order chi connectivity index (χ1) is 10.1. The van der Waals surface area contributed by atoms with E-state index >= 15 is 0 Å². The molecule has 1 atom stereocenters. The van der Waals surface area contributed by atoms with Crippen molar-refractivity contribution in [2.75, 3.05) is 6.54 Å². The standard InChI is InChI=1S/C14H23N5O2/c1-4-10(5-2)19-13(20)8-11(14(19)21)15-7-6-12-17-16-9-18(12)3/h9-11,15H,4-8H2,1-3H3. The molecule has 7 heteroatoms. The lowest BCUT2D eigenvalue weighted by Gasteiger charge is -2.24. The van der Waals surface area contributed by atoms with Crippen LogP contribution in [-0.4, -0.2) is 50.1 Å². The number of likely N-dealkylation sites (tertiary alicyclic amines) is 1. The largest absolute Gasteiger partial charge is 0.321 e. The van der Waals surface area contributed by atoms with Crippen LogP contribution in [0.4, 0.5) is 0 Å². The molecule has 0 bridgehead atoms. The monoisotopic (exact) mass is 293 g/mol. The van der Waals surface area contributed by atoms with Gasteiger partial charge in [0.25, 0.3) is 0 Å². The highest BCUT2D eigenvalue weighted by atomic mass is 16.2. The van der Waals surface area contributed by atoms with Crippen LogP contribution in [0, 0.1) is 0 Å². The molecular weight excluding hydrogens is 270 g/mol. The van der Waals surface area contributed by atoms with E-state index in [1.807, 2.05) is 25.5 Å². The van der Waals surface area contributed by atoms with Gasteiger partial charge in [0, 0.05) is 26.1 Å². The Morgan fingerprint density at radius 3 is 2.67 bits per heavy atom. The van der Waals surface area contributed by atoms with E-state index < -0.39 is 6.04 Å². The molecule has 2 amide bonds. The molecule has 1 aromatic rings. The number of aromatic nitrogens is 3. The Balaban J connectivity index is 1.89. The molecule has 116 valence electrons. The predicted octanol–water partition coefficient (Wildman–Crippen LogP) is 0.263. The number of imide groups is 1. The third-order valence-electron chi connectivity index (χ3n) is 4.04. The molecule has 7 nitrogen and oxygen atoms in total. The number of hydrogen-bond acceptors (Lipinski definition) is 5. The predicted molar refractivity (Wildman–Crippen MR) is 77.3 cm³/mol. The zero-order valence-corrected chi connectivity index (χ0v) is 12.9. The van der Waals surface area contributed by atoms with Gasteiger partial charge in [-0.15, -0.1) is 10.2 Å². The van der Waals surface area contributed by atoms with E-state index in [1.165, 1.54) is 4.90 Å². The third-order valence-corrected chi connectivity index (χ3v) is 4.04. The van der Waals surface area contributed by atoms with Crippen molar-refractivity contribution < 1.29 is 9.59 Å². The molecule has 1 aliphatic rings. The Hall–Kier alpha value is -1.76. The fourth-order valence-corrected chi connectivity index (χ4v) is 2.74. The van der Waals surface area contributed by atoms with Crippen LogP contribution in [0.5, 0.6) is 0 Å². The summed E-state index contributed by atoms with van der Waals surface area (Å²) in [6.45, 7) is 4.61. The van der Waals surface area contributed by atoms with Crippen molar-refractivity contribution in [3.8, 4) is 0 Å². The lowest BCUT2D eigenvalue weighted by Crippen LogP contribution is -2.44. The first-order valence-electron chi connectivity index (χ1n) is 7.50. The Morgan fingerprint density at radius 1 is 1.38 bits per heavy atom. The number of aryl methyl sites for hydroxylation is 1. The van der Waals surface area contributed by atoms with E-state index in [2.05, 4.69) is 15.5 Å². The van der Waals surface area contributed by atoms with Crippen molar-refractivity contribution in [3.05, 3.63) is 12.2 Å². The molecule has 21 heavy (non-hydrogen) atoms. The van der Waals surface area contributed by atoms with Crippen molar-refractivity contribution in [2.24, 2.45) is 7.05 Å². The highest BCUT2D eigenvalue weighted by molar-refractivity contribution is 6.05. The first-order valence-corrected chi connectivity index (χ1v) is 7.50. The molecule has 2 rings (SSSR count). The number of carbonyl (C=O) groups excluding carboxylic acids is 2. The zero-order chi connectivity index (χ0) is 15.4. The molecule has 0 spiro atoms. The average molecular weight is 293 g/mol. The molecular formula is C14H23N5O2. The molecule has 1 unspecified atom stereocenters. The zero-order valence-electron chi connectivity index (χ0n) is 12.9. The number of rotatable bonds is 7. The van der Waals surface area contributed by atoms with Crippen molar-refractivity contribution in [1.82, 2.24) is 25.0 Å². The molecule has 1 saturated heterocycles. The van der Waals surface area contributed by atoms with Gasteiger partial charge >= 0.3 is 0 Å². The minimum absolute atomic E-state index is 0.0236. The Bertz CT molecular complexity index is 509. The second-order valence-corrected chi connectivity index (χ2v) is 5.39. The van der Waals surface area contributed by atoms with E-state index in [1.54, 1.807) is 6.33 Å². The van der Waals surface area contributed by atoms with Crippen LogP contribution in [0.3, 0.4) is 0 Å². The van der Waals surface area contributed by atoms with Crippen molar-refractivity contribution >= 4 is 11.8 Å². The number of hydrogen-bond donors (Lipinski definition) is 1. The summed E-state index contributed by atoms with van der Waals surface area (Å²) >= 11 is 0. The molecule has 1 fully saturated rings. The van der Waals surface area contributed by atoms with Crippen LogP contribution in [0.1, 0.15) is 38.9 Å². The lowest BCUT2D eigenvalue weighted by molar-refractivity contribution is -0.141. The molecule has 0 aliphatic carbocycles. The summed E-state index contributed by atoms with van der Waals surface area (Å²) in [6.07, 6.45) is 4.20. The van der Waals surface area contributed by atoms with Crippen LogP contribution in [0.2, 0.25) is 0 Å². The molecule has 0 aromatic carbocycles. The van der Waals surface area contributed by atoms with E-state index in [-0.39, 0.29) is 24.3 Å². The van der Waals surface area contributed by atoms with E-state index in [4.69, 9.17) is 0 Å². The van der Waals surface area contributed by atoms with Crippen LogP contribution in [-0.2, 0) is 23.1 Å². The van der Waals surface area contributed by atoms with E-state index in [9.17, 15) is 9.59 Å². The van der Waals surface area contributed by atoms with Gasteiger partial charge in [0.15, 0.2) is 0 Å². The summed E-state index contributed by atoms with van der Waals surface area (Å²) in [5.74, 6) is 0.702. The third kappa shape index (κ3) is 3.29. The normalized spacial score (nSPS) is 19.0.